The lowest BCUT2D eigenvalue weighted by Crippen LogP contribution is -2.48. The number of rotatable bonds is 23. The van der Waals surface area contributed by atoms with Gasteiger partial charge in [0.05, 0.1) is 11.7 Å². The van der Waals surface area contributed by atoms with Crippen LogP contribution in [0.5, 0.6) is 0 Å². The van der Waals surface area contributed by atoms with Crippen LogP contribution in [-0.4, -0.2) is 51.3 Å². The van der Waals surface area contributed by atoms with Gasteiger partial charge >= 0.3 is 0 Å². The molecule has 0 aliphatic heterocycles. The fraction of sp³-hybridized carbons (Fsp3) is 1.00. The summed E-state index contributed by atoms with van der Waals surface area (Å²) in [7, 11) is 0. The molecular formula is C25H52O4. The lowest BCUT2D eigenvalue weighted by Gasteiger charge is -2.41. The Kier molecular flexibility index (Phi) is 21.0. The Morgan fingerprint density at radius 3 is 1.79 bits per heavy atom. The Bertz CT molecular complexity index is 324. The minimum absolute atomic E-state index is 0.164. The third kappa shape index (κ3) is 14.5. The van der Waals surface area contributed by atoms with Gasteiger partial charge in [-0.2, -0.15) is 0 Å². The predicted octanol–water partition coefficient (Wildman–Crippen LogP) is 6.94. The van der Waals surface area contributed by atoms with Crippen molar-refractivity contribution in [3.63, 3.8) is 0 Å². The predicted molar refractivity (Wildman–Crippen MR) is 124 cm³/mol. The molecule has 0 saturated heterocycles. The highest BCUT2D eigenvalue weighted by Crippen LogP contribution is 2.33. The first-order chi connectivity index (χ1) is 14.2. The number of hydrogen-bond donors (Lipinski definition) is 0. The quantitative estimate of drug-likeness (QED) is 0.169. The van der Waals surface area contributed by atoms with Crippen molar-refractivity contribution in [2.45, 2.75) is 123 Å². The number of unbranched alkanes of at least 4 members (excludes halogenated alkanes) is 3. The standard InChI is InChI=1S/C25H52O4/c1-6-15-24(28-20-9-4)25(29-21-10-5,17-23-27-19-8-3)16-13-11-12-14-22-26-18-7-2/h24H,6-23H2,1-5H3. The summed E-state index contributed by atoms with van der Waals surface area (Å²) >= 11 is 0. The Balaban J connectivity index is 4.90. The maximum absolute atomic E-state index is 6.60. The van der Waals surface area contributed by atoms with Crippen LogP contribution in [0.25, 0.3) is 0 Å². The Morgan fingerprint density at radius 2 is 1.17 bits per heavy atom. The average Bonchev–Trinajstić information content (AvgIpc) is 2.74. The molecule has 0 bridgehead atoms. The minimum atomic E-state index is -0.215. The van der Waals surface area contributed by atoms with Crippen molar-refractivity contribution >= 4 is 0 Å². The Morgan fingerprint density at radius 1 is 0.552 bits per heavy atom. The van der Waals surface area contributed by atoms with Crippen LogP contribution in [0, 0.1) is 0 Å². The fourth-order valence-corrected chi connectivity index (χ4v) is 3.73. The van der Waals surface area contributed by atoms with Crippen molar-refractivity contribution < 1.29 is 18.9 Å². The van der Waals surface area contributed by atoms with Crippen LogP contribution in [0.15, 0.2) is 0 Å². The van der Waals surface area contributed by atoms with Gasteiger partial charge in [0.25, 0.3) is 0 Å². The molecule has 0 N–H and O–H groups in total. The molecule has 0 aliphatic rings. The monoisotopic (exact) mass is 416 g/mol. The highest BCUT2D eigenvalue weighted by atomic mass is 16.6. The zero-order valence-corrected chi connectivity index (χ0v) is 20.4. The van der Waals surface area contributed by atoms with E-state index in [9.17, 15) is 0 Å². The van der Waals surface area contributed by atoms with E-state index in [4.69, 9.17) is 18.9 Å². The van der Waals surface area contributed by atoms with Crippen molar-refractivity contribution in [3.8, 4) is 0 Å². The van der Waals surface area contributed by atoms with Gasteiger partial charge in [0.15, 0.2) is 0 Å². The van der Waals surface area contributed by atoms with Crippen LogP contribution in [0.2, 0.25) is 0 Å². The van der Waals surface area contributed by atoms with Gasteiger partial charge in [0.1, 0.15) is 0 Å². The molecule has 4 heteroatoms. The molecule has 2 unspecified atom stereocenters. The highest BCUT2D eigenvalue weighted by molar-refractivity contribution is 4.90. The van der Waals surface area contributed by atoms with Gasteiger partial charge in [0.2, 0.25) is 0 Å². The molecule has 2 atom stereocenters. The first-order valence-corrected chi connectivity index (χ1v) is 12.6. The molecule has 0 fully saturated rings. The van der Waals surface area contributed by atoms with Gasteiger partial charge in [0, 0.05) is 46.1 Å². The zero-order chi connectivity index (χ0) is 21.6. The molecule has 0 heterocycles. The molecule has 176 valence electrons. The SMILES string of the molecule is CCCOCCCCCCC(CCOCCC)(OCCC)C(CCC)OCCC. The molecule has 0 saturated carbocycles. The Labute approximate surface area is 182 Å². The van der Waals surface area contributed by atoms with Crippen LogP contribution in [0.4, 0.5) is 0 Å². The van der Waals surface area contributed by atoms with Gasteiger partial charge in [-0.25, -0.2) is 0 Å². The van der Waals surface area contributed by atoms with E-state index < -0.39 is 0 Å². The lowest BCUT2D eigenvalue weighted by atomic mass is 9.84. The van der Waals surface area contributed by atoms with E-state index in [0.717, 1.165) is 97.4 Å². The van der Waals surface area contributed by atoms with Crippen molar-refractivity contribution in [2.75, 3.05) is 39.6 Å². The van der Waals surface area contributed by atoms with Gasteiger partial charge in [-0.1, -0.05) is 60.3 Å². The summed E-state index contributed by atoms with van der Waals surface area (Å²) in [6, 6.07) is 0. The van der Waals surface area contributed by atoms with E-state index in [-0.39, 0.29) is 11.7 Å². The fourth-order valence-electron chi connectivity index (χ4n) is 3.73. The molecule has 0 aromatic carbocycles. The smallest absolute Gasteiger partial charge is 0.0964 e. The maximum Gasteiger partial charge on any atom is 0.0964 e. The molecule has 29 heavy (non-hydrogen) atoms. The summed E-state index contributed by atoms with van der Waals surface area (Å²) in [6.07, 6.45) is 13.4. The zero-order valence-electron chi connectivity index (χ0n) is 20.4. The van der Waals surface area contributed by atoms with Crippen LogP contribution < -0.4 is 0 Å². The van der Waals surface area contributed by atoms with Crippen molar-refractivity contribution in [1.82, 2.24) is 0 Å². The molecule has 0 amide bonds. The largest absolute Gasteiger partial charge is 0.381 e. The molecule has 0 aromatic rings. The average molecular weight is 417 g/mol. The van der Waals surface area contributed by atoms with Gasteiger partial charge in [-0.3, -0.25) is 0 Å². The lowest BCUT2D eigenvalue weighted by molar-refractivity contribution is -0.164. The number of hydrogen-bond acceptors (Lipinski definition) is 4. The van der Waals surface area contributed by atoms with Gasteiger partial charge in [-0.15, -0.1) is 0 Å². The third-order valence-electron chi connectivity index (χ3n) is 5.26. The third-order valence-corrected chi connectivity index (χ3v) is 5.26. The van der Waals surface area contributed by atoms with Crippen molar-refractivity contribution in [3.05, 3.63) is 0 Å². The summed E-state index contributed by atoms with van der Waals surface area (Å²) < 4.78 is 24.5. The molecule has 0 spiro atoms. The molecule has 4 nitrogen and oxygen atoms in total. The summed E-state index contributed by atoms with van der Waals surface area (Å²) in [5.74, 6) is 0. The second-order valence-electron chi connectivity index (χ2n) is 8.20. The Hall–Kier alpha value is -0.160. The highest BCUT2D eigenvalue weighted by Gasteiger charge is 2.39. The topological polar surface area (TPSA) is 36.9 Å². The van der Waals surface area contributed by atoms with Crippen molar-refractivity contribution in [2.24, 2.45) is 0 Å². The van der Waals surface area contributed by atoms with Crippen LogP contribution >= 0.6 is 0 Å². The molecule has 0 aliphatic carbocycles. The molecule has 0 rings (SSSR count). The first-order valence-electron chi connectivity index (χ1n) is 12.6. The second kappa shape index (κ2) is 21.1. The summed E-state index contributed by atoms with van der Waals surface area (Å²) in [5.41, 5.74) is -0.215. The summed E-state index contributed by atoms with van der Waals surface area (Å²) in [4.78, 5) is 0. The van der Waals surface area contributed by atoms with E-state index in [1.54, 1.807) is 0 Å². The van der Waals surface area contributed by atoms with E-state index in [0.29, 0.717) is 0 Å². The second-order valence-corrected chi connectivity index (χ2v) is 8.20. The summed E-state index contributed by atoms with van der Waals surface area (Å²) in [5, 5.41) is 0. The maximum atomic E-state index is 6.60. The van der Waals surface area contributed by atoms with E-state index in [2.05, 4.69) is 34.6 Å². The normalized spacial score (nSPS) is 14.8. The van der Waals surface area contributed by atoms with Crippen LogP contribution in [0.3, 0.4) is 0 Å². The van der Waals surface area contributed by atoms with E-state index in [1.165, 1.54) is 19.3 Å². The van der Waals surface area contributed by atoms with Crippen LogP contribution in [0.1, 0.15) is 112 Å². The molecule has 0 aromatic heterocycles. The summed E-state index contributed by atoms with van der Waals surface area (Å²) in [6.45, 7) is 15.9. The van der Waals surface area contributed by atoms with E-state index in [1.807, 2.05) is 0 Å². The van der Waals surface area contributed by atoms with E-state index >= 15 is 0 Å². The van der Waals surface area contributed by atoms with Gasteiger partial charge in [-0.05, 0) is 44.9 Å². The number of ether oxygens (including phenoxy) is 4. The van der Waals surface area contributed by atoms with Gasteiger partial charge < -0.3 is 18.9 Å². The van der Waals surface area contributed by atoms with Crippen LogP contribution in [-0.2, 0) is 18.9 Å². The molecular weight excluding hydrogens is 364 g/mol. The molecule has 0 radical (unpaired) electrons. The van der Waals surface area contributed by atoms with Crippen molar-refractivity contribution in [1.29, 1.82) is 0 Å². The first kappa shape index (κ1) is 28.8. The minimum Gasteiger partial charge on any atom is -0.381 e.